The van der Waals surface area contributed by atoms with Crippen molar-refractivity contribution in [2.45, 2.75) is 37.0 Å². The smallest absolute Gasteiger partial charge is 0.0953 e. The molecule has 1 unspecified atom stereocenters. The van der Waals surface area contributed by atoms with Crippen LogP contribution in [0.2, 0.25) is 15.5 Å². The first-order chi connectivity index (χ1) is 9.66. The normalized spacial score (nSPS) is 30.4. The van der Waals surface area contributed by atoms with Crippen LogP contribution in [0.1, 0.15) is 0 Å². The molecule has 1 atom stereocenters. The molecule has 1 fully saturated rings. The topological polar surface area (TPSA) is 24.1 Å². The summed E-state index contributed by atoms with van der Waals surface area (Å²) in [5.74, 6) is 0. The summed E-state index contributed by atoms with van der Waals surface area (Å²) in [6.45, 7) is 0. The minimum Gasteiger partial charge on any atom is -0.338 e. The van der Waals surface area contributed by atoms with E-state index >= 15 is 0 Å². The summed E-state index contributed by atoms with van der Waals surface area (Å²) in [5.41, 5.74) is -2.40. The molecular formula is C7H2B14N2. The van der Waals surface area contributed by atoms with Crippen molar-refractivity contribution < 1.29 is 0 Å². The summed E-state index contributed by atoms with van der Waals surface area (Å²) in [6.07, 6.45) is 0. The van der Waals surface area contributed by atoms with Crippen molar-refractivity contribution in [3.8, 4) is 0 Å². The van der Waals surface area contributed by atoms with Crippen molar-refractivity contribution >= 4 is 110 Å². The zero-order valence-electron chi connectivity index (χ0n) is 12.6. The molecule has 82 valence electrons. The van der Waals surface area contributed by atoms with Crippen LogP contribution in [0.15, 0.2) is 0 Å². The molecule has 23 heavy (non-hydrogen) atoms. The van der Waals surface area contributed by atoms with Gasteiger partial charge in [-0.05, 0) is 10.8 Å². The highest BCUT2D eigenvalue weighted by molar-refractivity contribution is 6.71. The monoisotopic (exact) mass is 268 g/mol. The van der Waals surface area contributed by atoms with Crippen molar-refractivity contribution in [3.05, 3.63) is 0 Å². The lowest BCUT2D eigenvalue weighted by Crippen LogP contribution is -2.93. The van der Waals surface area contributed by atoms with E-state index < -0.39 is 37.0 Å². The maximum Gasteiger partial charge on any atom is 0.0953 e. The van der Waals surface area contributed by atoms with Gasteiger partial charge >= 0.3 is 0 Å². The second-order valence-corrected chi connectivity index (χ2v) is 6.34. The fourth-order valence-electron chi connectivity index (χ4n) is 2.56. The van der Waals surface area contributed by atoms with Crippen molar-refractivity contribution in [3.63, 3.8) is 0 Å². The van der Waals surface area contributed by atoms with Gasteiger partial charge in [-0.25, -0.2) is 0 Å². The Labute approximate surface area is 157 Å². The summed E-state index contributed by atoms with van der Waals surface area (Å²) in [6, 6.07) is 0. The average Bonchev–Trinajstić information content (AvgIpc) is 2.20. The Morgan fingerprint density at radius 2 is 0.783 bits per heavy atom. The Hall–Kier alpha value is 0.829. The number of nitrogens with one attached hydrogen (secondary N) is 2. The van der Waals surface area contributed by atoms with E-state index in [9.17, 15) is 0 Å². The van der Waals surface area contributed by atoms with Gasteiger partial charge in [-0.2, -0.15) is 0 Å². The quantitative estimate of drug-likeness (QED) is 0.496. The van der Waals surface area contributed by atoms with Gasteiger partial charge in [0.15, 0.2) is 0 Å². The Balaban J connectivity index is 3.70. The summed E-state index contributed by atoms with van der Waals surface area (Å²) < 4.78 is 0. The molecule has 1 rings (SSSR count). The first-order valence-electron chi connectivity index (χ1n) is 6.29. The van der Waals surface area contributed by atoms with Gasteiger partial charge in [-0.1, -0.05) is 16.0 Å². The third kappa shape index (κ3) is 2.96. The molecule has 0 spiro atoms. The van der Waals surface area contributed by atoms with Crippen LogP contribution in [0.5, 0.6) is 0 Å². The molecule has 2 nitrogen and oxygen atoms in total. The predicted molar refractivity (Wildman–Crippen MR) is 106 cm³/mol. The fourth-order valence-corrected chi connectivity index (χ4v) is 2.56. The molecule has 1 aliphatic rings. The molecular weight excluding hydrogens is 263 g/mol. The second kappa shape index (κ2) is 5.41. The van der Waals surface area contributed by atoms with Crippen LogP contribution in [0.4, 0.5) is 0 Å². The molecule has 1 saturated heterocycles. The lowest BCUT2D eigenvalue weighted by Gasteiger charge is -2.77. The molecule has 0 saturated carbocycles. The summed E-state index contributed by atoms with van der Waals surface area (Å²) in [4.78, 5) is 0. The van der Waals surface area contributed by atoms with E-state index in [-0.39, 0.29) is 0 Å². The third-order valence-electron chi connectivity index (χ3n) is 4.14. The van der Waals surface area contributed by atoms with E-state index in [4.69, 9.17) is 110 Å². The second-order valence-electron chi connectivity index (χ2n) is 6.34. The van der Waals surface area contributed by atoms with Gasteiger partial charge in [-0.15, -0.1) is 10.2 Å². The van der Waals surface area contributed by atoms with Crippen LogP contribution < -0.4 is 10.6 Å². The van der Waals surface area contributed by atoms with Crippen LogP contribution >= 0.6 is 0 Å². The van der Waals surface area contributed by atoms with Crippen LogP contribution in [-0.4, -0.2) is 131 Å². The first-order valence-corrected chi connectivity index (χ1v) is 6.29. The average molecular weight is 265 g/mol. The Bertz CT molecular complexity index is 462. The molecule has 0 amide bonds. The van der Waals surface area contributed by atoms with Crippen LogP contribution in [0, 0.1) is 0 Å². The molecule has 0 aromatic heterocycles. The maximum absolute atomic E-state index is 6.18. The minimum absolute atomic E-state index is 2.05. The van der Waals surface area contributed by atoms with Gasteiger partial charge in [0.1, 0.15) is 0 Å². The van der Waals surface area contributed by atoms with Crippen molar-refractivity contribution in [1.29, 1.82) is 0 Å². The number of hydrogen-bond acceptors (Lipinski definition) is 2. The highest BCUT2D eigenvalue weighted by Crippen LogP contribution is 2.63. The summed E-state index contributed by atoms with van der Waals surface area (Å²) >= 11 is 0. The van der Waals surface area contributed by atoms with Crippen molar-refractivity contribution in [1.82, 2.24) is 10.6 Å². The van der Waals surface area contributed by atoms with Gasteiger partial charge < -0.3 is 10.6 Å². The summed E-state index contributed by atoms with van der Waals surface area (Å²) in [5, 5.41) is -9.13. The molecule has 1 aliphatic heterocycles. The third-order valence-corrected chi connectivity index (χ3v) is 4.14. The zero-order valence-corrected chi connectivity index (χ0v) is 12.6. The SMILES string of the molecule is [B]C([B])([B])C([B])(C([B])([B])[B])C1([B])NC([B])([B])C([B])([B])NC1([B])[B]. The van der Waals surface area contributed by atoms with E-state index in [0.717, 1.165) is 0 Å². The van der Waals surface area contributed by atoms with E-state index in [0.29, 0.717) is 0 Å². The highest BCUT2D eigenvalue weighted by Gasteiger charge is 2.63. The Morgan fingerprint density at radius 1 is 0.478 bits per heavy atom. The number of rotatable bonds is 3. The van der Waals surface area contributed by atoms with Gasteiger partial charge in [0.2, 0.25) is 0 Å². The predicted octanol–water partition coefficient (Wildman–Crippen LogP) is -6.50. The molecule has 2 N–H and O–H groups in total. The number of hydrogen-bond donors (Lipinski definition) is 2. The number of piperazine rings is 1. The fraction of sp³-hybridized carbons (Fsp3) is 1.00. The lowest BCUT2D eigenvalue weighted by molar-refractivity contribution is 0.182. The maximum atomic E-state index is 6.18. The Morgan fingerprint density at radius 3 is 1.09 bits per heavy atom. The van der Waals surface area contributed by atoms with Crippen LogP contribution in [0.3, 0.4) is 0 Å². The van der Waals surface area contributed by atoms with E-state index in [1.54, 1.807) is 0 Å². The molecule has 28 radical (unpaired) electrons. The molecule has 0 aromatic rings. The molecule has 0 bridgehead atoms. The minimum atomic E-state index is -2.51. The molecule has 0 aromatic carbocycles. The molecule has 16 heteroatoms. The van der Waals surface area contributed by atoms with Crippen molar-refractivity contribution in [2.24, 2.45) is 0 Å². The van der Waals surface area contributed by atoms with Gasteiger partial charge in [0.05, 0.1) is 110 Å². The standard InChI is InChI=1S/C7H2B14N2/c8-1(3(10,11)12,4(13,14)15)2(9)5(16,17)23-7(20,21)6(18,19)22-2/h22-23H. The zero-order chi connectivity index (χ0) is 18.9. The summed E-state index contributed by atoms with van der Waals surface area (Å²) in [7, 11) is 81.3. The molecule has 0 aliphatic carbocycles. The van der Waals surface area contributed by atoms with Crippen LogP contribution in [0.25, 0.3) is 0 Å². The van der Waals surface area contributed by atoms with Gasteiger partial charge in [0.25, 0.3) is 0 Å². The lowest BCUT2D eigenvalue weighted by atomic mass is 9.08. The molecule has 1 heterocycles. The van der Waals surface area contributed by atoms with Crippen molar-refractivity contribution in [2.75, 3.05) is 0 Å². The van der Waals surface area contributed by atoms with Crippen LogP contribution in [-0.2, 0) is 0 Å². The van der Waals surface area contributed by atoms with E-state index in [1.807, 2.05) is 0 Å². The van der Waals surface area contributed by atoms with Gasteiger partial charge in [0, 0.05) is 0 Å². The van der Waals surface area contributed by atoms with E-state index in [1.165, 1.54) is 0 Å². The highest BCUT2D eigenvalue weighted by atomic mass is 15.2. The van der Waals surface area contributed by atoms with Gasteiger partial charge in [-0.3, -0.25) is 0 Å². The largest absolute Gasteiger partial charge is 0.338 e. The van der Waals surface area contributed by atoms with E-state index in [2.05, 4.69) is 10.6 Å². The first kappa shape index (κ1) is 21.9. The Kier molecular flexibility index (Phi) is 5.15.